The van der Waals surface area contributed by atoms with Crippen molar-refractivity contribution in [2.24, 2.45) is 0 Å². The van der Waals surface area contributed by atoms with E-state index in [0.717, 1.165) is 24.2 Å². The van der Waals surface area contributed by atoms with Crippen LogP contribution in [-0.2, 0) is 23.9 Å². The van der Waals surface area contributed by atoms with Gasteiger partial charge in [0.2, 0.25) is 5.69 Å². The fourth-order valence-corrected chi connectivity index (χ4v) is 6.13. The summed E-state index contributed by atoms with van der Waals surface area (Å²) in [5.74, 6) is 0.281. The minimum absolute atomic E-state index is 0. The number of alkyl halides is 2. The number of hydrogen-bond donors (Lipinski definition) is 2. The van der Waals surface area contributed by atoms with Gasteiger partial charge in [0.25, 0.3) is 0 Å². The molecule has 2 aromatic rings. The van der Waals surface area contributed by atoms with Crippen LogP contribution < -0.4 is 32.3 Å². The Morgan fingerprint density at radius 1 is 0.895 bits per heavy atom. The van der Waals surface area contributed by atoms with Crippen molar-refractivity contribution in [1.82, 2.24) is 0 Å². The first kappa shape index (κ1) is 35.8. The van der Waals surface area contributed by atoms with Gasteiger partial charge in [-0.15, -0.1) is 23.2 Å². The third-order valence-electron chi connectivity index (χ3n) is 8.01. The zero-order chi connectivity index (χ0) is 26.5. The number of halogens is 3. The van der Waals surface area contributed by atoms with Crippen LogP contribution in [0.15, 0.2) is 36.5 Å². The second-order valence-corrected chi connectivity index (χ2v) is 13.5. The van der Waals surface area contributed by atoms with Crippen molar-refractivity contribution in [2.75, 3.05) is 18.4 Å². The van der Waals surface area contributed by atoms with Crippen molar-refractivity contribution in [3.05, 3.63) is 58.9 Å². The van der Waals surface area contributed by atoms with Crippen LogP contribution in [0.3, 0.4) is 0 Å². The van der Waals surface area contributed by atoms with Gasteiger partial charge in [0.15, 0.2) is 12.7 Å². The SMILES string of the molecule is CC(C)(C)c1cc(C[NH+]2CCC[C@@H]2[C@H]2CCC[NH+]2Cc2cccc[nH+]2)c([O-])c(C(C)(C)C)c1.ClCCl.[Cl-].[Mg+2]. The molecular formula is C30H47Cl3MgN3O+3. The Kier molecular flexibility index (Phi) is 14.7. The van der Waals surface area contributed by atoms with Gasteiger partial charge in [-0.3, -0.25) is 0 Å². The van der Waals surface area contributed by atoms with E-state index in [2.05, 4.69) is 76.9 Å². The van der Waals surface area contributed by atoms with E-state index in [1.54, 1.807) is 9.80 Å². The molecule has 3 N–H and O–H groups in total. The van der Waals surface area contributed by atoms with E-state index in [1.165, 1.54) is 50.0 Å². The predicted octanol–water partition coefficient (Wildman–Crippen LogP) is 0.00880. The molecule has 208 valence electrons. The van der Waals surface area contributed by atoms with Gasteiger partial charge in [-0.05, 0) is 33.6 Å². The number of likely N-dealkylation sites (tertiary alicyclic amines) is 2. The summed E-state index contributed by atoms with van der Waals surface area (Å²) in [5.41, 5.74) is 4.54. The molecule has 1 aromatic carbocycles. The second-order valence-electron chi connectivity index (χ2n) is 12.7. The maximum absolute atomic E-state index is 13.6. The third-order valence-corrected chi connectivity index (χ3v) is 8.01. The summed E-state index contributed by atoms with van der Waals surface area (Å²) in [7, 11) is 0. The van der Waals surface area contributed by atoms with Crippen LogP contribution in [0.5, 0.6) is 5.75 Å². The average Bonchev–Trinajstić information content (AvgIpc) is 3.43. The molecule has 2 unspecified atom stereocenters. The Bertz CT molecular complexity index is 979. The summed E-state index contributed by atoms with van der Waals surface area (Å²) in [6.45, 7) is 17.7. The maximum atomic E-state index is 13.6. The first-order valence-electron chi connectivity index (χ1n) is 13.6. The van der Waals surface area contributed by atoms with E-state index in [-0.39, 0.29) is 57.4 Å². The number of pyridine rings is 1. The van der Waals surface area contributed by atoms with Crippen LogP contribution in [-0.4, -0.2) is 53.6 Å². The number of benzene rings is 1. The van der Waals surface area contributed by atoms with E-state index in [9.17, 15) is 5.11 Å². The predicted molar refractivity (Wildman–Crippen MR) is 154 cm³/mol. The molecular weight excluding hydrogens is 549 g/mol. The van der Waals surface area contributed by atoms with Gasteiger partial charge >= 0.3 is 23.1 Å². The van der Waals surface area contributed by atoms with Crippen LogP contribution >= 0.6 is 23.2 Å². The molecule has 0 aliphatic carbocycles. The molecule has 2 fully saturated rings. The summed E-state index contributed by atoms with van der Waals surface area (Å²) in [5, 5.41) is 13.8. The molecule has 2 saturated heterocycles. The van der Waals surface area contributed by atoms with Gasteiger partial charge in [0.05, 0.1) is 18.4 Å². The molecule has 1 aromatic heterocycles. The van der Waals surface area contributed by atoms with E-state index in [1.807, 2.05) is 6.20 Å². The second kappa shape index (κ2) is 15.7. The fourth-order valence-electron chi connectivity index (χ4n) is 6.13. The maximum Gasteiger partial charge on any atom is 2.00 e. The Labute approximate surface area is 263 Å². The van der Waals surface area contributed by atoms with Gasteiger partial charge in [-0.25, -0.2) is 4.98 Å². The molecule has 0 saturated carbocycles. The van der Waals surface area contributed by atoms with Crippen LogP contribution in [0.4, 0.5) is 0 Å². The zero-order valence-corrected chi connectivity index (χ0v) is 27.9. The van der Waals surface area contributed by atoms with Gasteiger partial charge in [0, 0.05) is 37.8 Å². The molecule has 2 aliphatic rings. The first-order valence-corrected chi connectivity index (χ1v) is 14.6. The van der Waals surface area contributed by atoms with Crippen molar-refractivity contribution in [2.45, 2.75) is 103 Å². The molecule has 0 bridgehead atoms. The Morgan fingerprint density at radius 3 is 1.92 bits per heavy atom. The minimum Gasteiger partial charge on any atom is -1.00 e. The minimum atomic E-state index is -0.134. The molecule has 3 heterocycles. The normalized spacial score (nSPS) is 23.2. The molecule has 4 rings (SSSR count). The molecule has 0 radical (unpaired) electrons. The van der Waals surface area contributed by atoms with Crippen LogP contribution in [0.1, 0.15) is 89.6 Å². The summed E-state index contributed by atoms with van der Waals surface area (Å²) in [6.07, 6.45) is 7.24. The van der Waals surface area contributed by atoms with Gasteiger partial charge in [-0.2, -0.15) is 0 Å². The van der Waals surface area contributed by atoms with Gasteiger partial charge in [-0.1, -0.05) is 59.4 Å². The number of nitrogens with one attached hydrogen (secondary N) is 3. The molecule has 0 amide bonds. The number of quaternary nitrogens is 2. The zero-order valence-electron chi connectivity index (χ0n) is 24.2. The monoisotopic (exact) mass is 594 g/mol. The number of aromatic amines is 1. The number of rotatable bonds is 5. The number of hydrogen-bond acceptors (Lipinski definition) is 1. The summed E-state index contributed by atoms with van der Waals surface area (Å²) >= 11 is 9.53. The molecule has 8 heteroatoms. The van der Waals surface area contributed by atoms with E-state index in [4.69, 9.17) is 23.2 Å². The standard InChI is InChI=1S/C29H43N3O.CH2Cl2.ClH.Mg/c1-28(2,3)22-17-21(27(33)24(18-22)29(4,5)6)19-31-15-9-12-25(31)26-13-10-16-32(26)20-23-11-7-8-14-30-23;2-1-3;;/h7-8,11,14,17-18,25-26,33H,9-10,12-13,15-16,19-20H2,1-6H3;1H2;1H;/q;;;+2/p+1/t25-,26-;;;/m1.../s1. The average molecular weight is 596 g/mol. The fraction of sp³-hybridized carbons (Fsp3) is 0.633. The molecule has 4 atom stereocenters. The summed E-state index contributed by atoms with van der Waals surface area (Å²) < 4.78 is 0. The smallest absolute Gasteiger partial charge is 1.00 e. The first-order chi connectivity index (χ1) is 17.0. The quantitative estimate of drug-likeness (QED) is 0.371. The van der Waals surface area contributed by atoms with Crippen LogP contribution in [0.25, 0.3) is 0 Å². The van der Waals surface area contributed by atoms with E-state index >= 15 is 0 Å². The molecule has 38 heavy (non-hydrogen) atoms. The number of aromatic nitrogens is 1. The molecule has 0 spiro atoms. The van der Waals surface area contributed by atoms with Gasteiger partial charge < -0.3 is 27.3 Å². The number of H-pyrrole nitrogens is 1. The van der Waals surface area contributed by atoms with Crippen molar-refractivity contribution in [3.8, 4) is 5.75 Å². The van der Waals surface area contributed by atoms with Gasteiger partial charge in [0.1, 0.15) is 18.6 Å². The van der Waals surface area contributed by atoms with Crippen molar-refractivity contribution in [3.63, 3.8) is 0 Å². The van der Waals surface area contributed by atoms with Crippen LogP contribution in [0, 0.1) is 0 Å². The van der Waals surface area contributed by atoms with Crippen molar-refractivity contribution >= 4 is 46.3 Å². The molecule has 2 aliphatic heterocycles. The summed E-state index contributed by atoms with van der Waals surface area (Å²) in [4.78, 5) is 6.80. The Hall–Kier alpha value is -0.274. The summed E-state index contributed by atoms with van der Waals surface area (Å²) in [6, 6.07) is 12.2. The van der Waals surface area contributed by atoms with E-state index < -0.39 is 0 Å². The topological polar surface area (TPSA) is 46.1 Å². The Balaban J connectivity index is 0.00000138. The van der Waals surface area contributed by atoms with Crippen molar-refractivity contribution in [1.29, 1.82) is 0 Å². The Morgan fingerprint density at radius 2 is 1.45 bits per heavy atom. The van der Waals surface area contributed by atoms with Crippen LogP contribution in [0.2, 0.25) is 0 Å². The largest absolute Gasteiger partial charge is 2.00 e. The third kappa shape index (κ3) is 9.39. The van der Waals surface area contributed by atoms with E-state index in [0.29, 0.717) is 12.1 Å². The van der Waals surface area contributed by atoms with Crippen molar-refractivity contribution < 1.29 is 32.3 Å². The molecule has 4 nitrogen and oxygen atoms in total.